The molecule has 4 rings (SSSR count). The molecule has 3 saturated heterocycles. The zero-order valence-electron chi connectivity index (χ0n) is 28.0. The van der Waals surface area contributed by atoms with Crippen LogP contribution >= 0.6 is 0 Å². The molecule has 0 amide bonds. The van der Waals surface area contributed by atoms with E-state index in [0.29, 0.717) is 24.5 Å². The van der Waals surface area contributed by atoms with Crippen LogP contribution < -0.4 is 0 Å². The van der Waals surface area contributed by atoms with Gasteiger partial charge in [0.25, 0.3) is 0 Å². The van der Waals surface area contributed by atoms with Crippen LogP contribution in [0.3, 0.4) is 0 Å². The fraction of sp³-hybridized carbons (Fsp3) is 0.919. The van der Waals surface area contributed by atoms with E-state index < -0.39 is 6.10 Å². The number of aliphatic hydroxyl groups is 2. The van der Waals surface area contributed by atoms with Gasteiger partial charge in [0.2, 0.25) is 0 Å². The summed E-state index contributed by atoms with van der Waals surface area (Å²) in [6.45, 7) is 4.11. The summed E-state index contributed by atoms with van der Waals surface area (Å²) < 4.78 is 24.4. The number of aliphatic hydroxyl groups excluding tert-OH is 2. The topological polar surface area (TPSA) is 94.5 Å². The predicted octanol–water partition coefficient (Wildman–Crippen LogP) is 7.87. The molecule has 0 aromatic rings. The van der Waals surface area contributed by atoms with Crippen molar-refractivity contribution >= 4 is 5.97 Å². The molecular weight excluding hydrogens is 556 g/mol. The Labute approximate surface area is 267 Å². The Morgan fingerprint density at radius 1 is 0.705 bits per heavy atom. The second kappa shape index (κ2) is 19.6. The molecule has 9 unspecified atom stereocenters. The van der Waals surface area contributed by atoms with Gasteiger partial charge in [0.15, 0.2) is 0 Å². The van der Waals surface area contributed by atoms with Crippen LogP contribution in [-0.2, 0) is 23.7 Å². The molecule has 44 heavy (non-hydrogen) atoms. The van der Waals surface area contributed by atoms with Gasteiger partial charge in [0.05, 0.1) is 48.8 Å². The molecule has 2 N–H and O–H groups in total. The predicted molar refractivity (Wildman–Crippen MR) is 173 cm³/mol. The Morgan fingerprint density at radius 2 is 1.27 bits per heavy atom. The lowest BCUT2D eigenvalue weighted by atomic mass is 10.0. The van der Waals surface area contributed by atoms with Gasteiger partial charge in [0.1, 0.15) is 6.10 Å². The molecule has 254 valence electrons. The molecule has 7 nitrogen and oxygen atoms in total. The maximum Gasteiger partial charge on any atom is 0.334 e. The number of carbonyl (C=O) groups is 1. The van der Waals surface area contributed by atoms with Crippen molar-refractivity contribution in [2.24, 2.45) is 0 Å². The summed E-state index contributed by atoms with van der Waals surface area (Å²) in [5, 5.41) is 21.1. The molecule has 4 aliphatic rings. The van der Waals surface area contributed by atoms with Gasteiger partial charge in [-0.1, -0.05) is 90.4 Å². The largest absolute Gasteiger partial charge is 0.455 e. The first-order valence-corrected chi connectivity index (χ1v) is 18.7. The van der Waals surface area contributed by atoms with Crippen molar-refractivity contribution in [3.05, 3.63) is 11.6 Å². The van der Waals surface area contributed by atoms with E-state index in [1.54, 1.807) is 0 Å². The van der Waals surface area contributed by atoms with Crippen LogP contribution in [0, 0.1) is 0 Å². The van der Waals surface area contributed by atoms with E-state index in [0.717, 1.165) is 77.0 Å². The second-order valence-electron chi connectivity index (χ2n) is 14.3. The number of unbranched alkanes of at least 4 members (excludes halogenated alkanes) is 11. The minimum atomic E-state index is -0.481. The maximum atomic E-state index is 11.7. The van der Waals surface area contributed by atoms with Crippen molar-refractivity contribution in [2.45, 2.75) is 216 Å². The number of hydrogen-bond acceptors (Lipinski definition) is 7. The lowest BCUT2D eigenvalue weighted by molar-refractivity contribution is -0.139. The highest BCUT2D eigenvalue weighted by Gasteiger charge is 2.43. The molecule has 0 bridgehead atoms. The van der Waals surface area contributed by atoms with Crippen molar-refractivity contribution in [3.8, 4) is 0 Å². The van der Waals surface area contributed by atoms with Gasteiger partial charge in [-0.25, -0.2) is 4.79 Å². The van der Waals surface area contributed by atoms with Gasteiger partial charge < -0.3 is 29.2 Å². The standard InChI is InChI=1S/C37H64O7/c1-3-4-5-6-7-8-9-10-11-15-18-31(39)32-21-22-35(43-32)36-24-23-34(44-36)33-20-19-30(42-33)17-14-12-13-16-29(38)26-28-25-27(2)41-37(28)40/h25,27,29-36,38-39H,3-24,26H2,1-2H3. The molecule has 0 spiro atoms. The van der Waals surface area contributed by atoms with E-state index >= 15 is 0 Å². The SMILES string of the molecule is CCCCCCCCCCCCC(O)C1CCC(C2CCC(C3CCC(CCCCCC(O)CC4=CC(C)OC4=O)O3)O2)O1. The number of hydrogen-bond donors (Lipinski definition) is 2. The molecule has 9 atom stereocenters. The minimum absolute atomic E-state index is 0.0329. The Balaban J connectivity index is 1.00. The first-order chi connectivity index (χ1) is 21.4. The molecule has 4 aliphatic heterocycles. The Morgan fingerprint density at radius 3 is 1.95 bits per heavy atom. The van der Waals surface area contributed by atoms with Crippen molar-refractivity contribution in [1.29, 1.82) is 0 Å². The summed E-state index contributed by atoms with van der Waals surface area (Å²) in [6, 6.07) is 0. The first kappa shape index (κ1) is 35.9. The smallest absolute Gasteiger partial charge is 0.334 e. The lowest BCUT2D eigenvalue weighted by Gasteiger charge is -2.24. The third-order valence-electron chi connectivity index (χ3n) is 10.4. The zero-order valence-corrected chi connectivity index (χ0v) is 28.0. The van der Waals surface area contributed by atoms with Gasteiger partial charge in [-0.2, -0.15) is 0 Å². The van der Waals surface area contributed by atoms with E-state index in [2.05, 4.69) is 6.92 Å². The molecule has 0 aromatic carbocycles. The third-order valence-corrected chi connectivity index (χ3v) is 10.4. The van der Waals surface area contributed by atoms with Crippen LogP contribution in [0.25, 0.3) is 0 Å². The Kier molecular flexibility index (Phi) is 16.0. The van der Waals surface area contributed by atoms with Gasteiger partial charge in [-0.05, 0) is 70.8 Å². The van der Waals surface area contributed by atoms with E-state index in [4.69, 9.17) is 18.9 Å². The molecule has 0 radical (unpaired) electrons. The molecule has 0 aromatic heterocycles. The average Bonchev–Trinajstić information content (AvgIpc) is 3.81. The minimum Gasteiger partial charge on any atom is -0.455 e. The molecule has 7 heteroatoms. The van der Waals surface area contributed by atoms with E-state index in [-0.39, 0.29) is 48.7 Å². The van der Waals surface area contributed by atoms with E-state index in [1.165, 1.54) is 57.8 Å². The highest BCUT2D eigenvalue weighted by molar-refractivity contribution is 5.90. The van der Waals surface area contributed by atoms with Gasteiger partial charge in [0, 0.05) is 12.0 Å². The molecular formula is C37H64O7. The van der Waals surface area contributed by atoms with Crippen molar-refractivity contribution in [3.63, 3.8) is 0 Å². The van der Waals surface area contributed by atoms with Crippen LogP contribution in [-0.4, -0.2) is 71.1 Å². The van der Waals surface area contributed by atoms with Crippen molar-refractivity contribution in [2.75, 3.05) is 0 Å². The number of cyclic esters (lactones) is 1. The summed E-state index contributed by atoms with van der Waals surface area (Å²) in [6.07, 6.45) is 27.1. The second-order valence-corrected chi connectivity index (χ2v) is 14.3. The zero-order chi connectivity index (χ0) is 31.1. The highest BCUT2D eigenvalue weighted by atomic mass is 16.6. The molecule has 3 fully saturated rings. The summed E-state index contributed by atoms with van der Waals surface area (Å²) in [5.41, 5.74) is 0.614. The summed E-state index contributed by atoms with van der Waals surface area (Å²) in [4.78, 5) is 11.7. The van der Waals surface area contributed by atoms with E-state index in [1.807, 2.05) is 13.0 Å². The molecule has 4 heterocycles. The van der Waals surface area contributed by atoms with Gasteiger partial charge in [-0.3, -0.25) is 0 Å². The highest BCUT2D eigenvalue weighted by Crippen LogP contribution is 2.37. The summed E-state index contributed by atoms with van der Waals surface area (Å²) >= 11 is 0. The number of carbonyl (C=O) groups excluding carboxylic acids is 1. The fourth-order valence-corrected chi connectivity index (χ4v) is 7.79. The normalized spacial score (nSPS) is 31.9. The fourth-order valence-electron chi connectivity index (χ4n) is 7.79. The third kappa shape index (κ3) is 12.0. The number of ether oxygens (including phenoxy) is 4. The Bertz CT molecular complexity index is 846. The van der Waals surface area contributed by atoms with Crippen LogP contribution in [0.4, 0.5) is 0 Å². The quantitative estimate of drug-likeness (QED) is 0.0939. The van der Waals surface area contributed by atoms with Crippen molar-refractivity contribution < 1.29 is 34.0 Å². The molecule has 0 aliphatic carbocycles. The maximum absolute atomic E-state index is 11.7. The van der Waals surface area contributed by atoms with E-state index in [9.17, 15) is 15.0 Å². The summed E-state index contributed by atoms with van der Waals surface area (Å²) in [5.74, 6) is -0.282. The van der Waals surface area contributed by atoms with Crippen LogP contribution in [0.2, 0.25) is 0 Å². The monoisotopic (exact) mass is 620 g/mol. The molecule has 0 saturated carbocycles. The van der Waals surface area contributed by atoms with Gasteiger partial charge >= 0.3 is 5.97 Å². The van der Waals surface area contributed by atoms with Crippen LogP contribution in [0.5, 0.6) is 0 Å². The van der Waals surface area contributed by atoms with Crippen molar-refractivity contribution in [1.82, 2.24) is 0 Å². The first-order valence-electron chi connectivity index (χ1n) is 18.7. The number of esters is 1. The summed E-state index contributed by atoms with van der Waals surface area (Å²) in [7, 11) is 0. The van der Waals surface area contributed by atoms with Gasteiger partial charge in [-0.15, -0.1) is 0 Å². The van der Waals surface area contributed by atoms with Crippen LogP contribution in [0.15, 0.2) is 11.6 Å². The average molecular weight is 621 g/mol. The number of rotatable bonds is 22. The van der Waals surface area contributed by atoms with Crippen LogP contribution in [0.1, 0.15) is 162 Å². The Hall–Kier alpha value is -0.990. The lowest BCUT2D eigenvalue weighted by Crippen LogP contribution is -2.33.